The van der Waals surface area contributed by atoms with Gasteiger partial charge in [0, 0.05) is 10.0 Å². The average molecular weight is 346 g/mol. The third kappa shape index (κ3) is 3.94. The lowest BCUT2D eigenvalue weighted by atomic mass is 9.87. The molecule has 2 rings (SSSR count). The van der Waals surface area contributed by atoms with Crippen molar-refractivity contribution in [2.45, 2.75) is 33.1 Å². The fraction of sp³-hybridized carbons (Fsp3) is 0.278. The zero-order valence-electron chi connectivity index (χ0n) is 12.8. The molecule has 0 spiro atoms. The normalized spacial score (nSPS) is 11.3. The summed E-state index contributed by atoms with van der Waals surface area (Å²) in [6, 6.07) is 13.7. The summed E-state index contributed by atoms with van der Waals surface area (Å²) in [4.78, 5) is 12.3. The van der Waals surface area contributed by atoms with E-state index in [1.165, 1.54) is 5.56 Å². The van der Waals surface area contributed by atoms with Crippen LogP contribution in [0.5, 0.6) is 0 Å². The minimum atomic E-state index is -0.0956. The van der Waals surface area contributed by atoms with Gasteiger partial charge < -0.3 is 5.32 Å². The highest BCUT2D eigenvalue weighted by atomic mass is 79.9. The zero-order valence-corrected chi connectivity index (χ0v) is 14.4. The van der Waals surface area contributed by atoms with Crippen molar-refractivity contribution in [3.63, 3.8) is 0 Å². The van der Waals surface area contributed by atoms with Gasteiger partial charge >= 0.3 is 0 Å². The van der Waals surface area contributed by atoms with Crippen LogP contribution in [0.2, 0.25) is 0 Å². The summed E-state index contributed by atoms with van der Waals surface area (Å²) in [5, 5.41) is 2.94. The first-order valence-electron chi connectivity index (χ1n) is 6.95. The van der Waals surface area contributed by atoms with E-state index in [-0.39, 0.29) is 11.3 Å². The molecular formula is C18H20BrNO. The van der Waals surface area contributed by atoms with Gasteiger partial charge in [-0.3, -0.25) is 4.79 Å². The van der Waals surface area contributed by atoms with E-state index >= 15 is 0 Å². The third-order valence-corrected chi connectivity index (χ3v) is 4.07. The molecular weight excluding hydrogens is 326 g/mol. The smallest absolute Gasteiger partial charge is 0.255 e. The fourth-order valence-corrected chi connectivity index (χ4v) is 2.40. The van der Waals surface area contributed by atoms with Gasteiger partial charge in [-0.15, -0.1) is 0 Å². The molecule has 0 atom stereocenters. The lowest BCUT2D eigenvalue weighted by molar-refractivity contribution is 0.102. The number of carbonyl (C=O) groups is 1. The first-order chi connectivity index (χ1) is 9.77. The number of hydrogen-bond donors (Lipinski definition) is 1. The number of carbonyl (C=O) groups excluding carboxylic acids is 1. The van der Waals surface area contributed by atoms with Gasteiger partial charge in [-0.25, -0.2) is 0 Å². The van der Waals surface area contributed by atoms with Crippen LogP contribution in [0.1, 0.15) is 42.3 Å². The minimum absolute atomic E-state index is 0.0918. The molecule has 2 aromatic carbocycles. The highest BCUT2D eigenvalue weighted by Gasteiger charge is 2.14. The molecule has 0 aromatic heterocycles. The Labute approximate surface area is 134 Å². The summed E-state index contributed by atoms with van der Waals surface area (Å²) < 4.78 is 0.882. The molecule has 2 aromatic rings. The molecule has 0 unspecified atom stereocenters. The molecule has 0 heterocycles. The number of hydrogen-bond acceptors (Lipinski definition) is 1. The Hall–Kier alpha value is -1.61. The Bertz CT molecular complexity index is 654. The average Bonchev–Trinajstić information content (AvgIpc) is 2.42. The summed E-state index contributed by atoms with van der Waals surface area (Å²) in [5.41, 5.74) is 3.87. The van der Waals surface area contributed by atoms with Crippen LogP contribution >= 0.6 is 15.9 Å². The maximum atomic E-state index is 12.3. The minimum Gasteiger partial charge on any atom is -0.321 e. The van der Waals surface area contributed by atoms with Gasteiger partial charge in [-0.1, -0.05) is 39.0 Å². The highest BCUT2D eigenvalue weighted by molar-refractivity contribution is 9.10. The maximum Gasteiger partial charge on any atom is 0.255 e. The van der Waals surface area contributed by atoms with Gasteiger partial charge in [0.1, 0.15) is 0 Å². The molecule has 0 aliphatic carbocycles. The standard InChI is InChI=1S/C18H20BrNO/c1-12-5-10-15(19)16(11-12)20-17(21)13-6-8-14(9-7-13)18(2,3)4/h5-11H,1-4H3,(H,20,21). The van der Waals surface area contributed by atoms with Crippen LogP contribution in [0.25, 0.3) is 0 Å². The largest absolute Gasteiger partial charge is 0.321 e. The van der Waals surface area contributed by atoms with E-state index in [1.54, 1.807) is 0 Å². The fourth-order valence-electron chi connectivity index (χ4n) is 2.05. The molecule has 1 N–H and O–H groups in total. The van der Waals surface area contributed by atoms with Gasteiger partial charge in [-0.05, 0) is 63.7 Å². The van der Waals surface area contributed by atoms with E-state index < -0.39 is 0 Å². The molecule has 0 radical (unpaired) electrons. The highest BCUT2D eigenvalue weighted by Crippen LogP contribution is 2.25. The van der Waals surface area contributed by atoms with Crippen LogP contribution < -0.4 is 5.32 Å². The molecule has 110 valence electrons. The number of anilines is 1. The number of nitrogens with one attached hydrogen (secondary N) is 1. The van der Waals surface area contributed by atoms with Crippen molar-refractivity contribution in [2.24, 2.45) is 0 Å². The summed E-state index contributed by atoms with van der Waals surface area (Å²) in [7, 11) is 0. The lowest BCUT2D eigenvalue weighted by Crippen LogP contribution is -2.14. The van der Waals surface area contributed by atoms with E-state index in [2.05, 4.69) is 42.0 Å². The van der Waals surface area contributed by atoms with Crippen molar-refractivity contribution < 1.29 is 4.79 Å². The van der Waals surface area contributed by atoms with Crippen LogP contribution in [-0.4, -0.2) is 5.91 Å². The first kappa shape index (κ1) is 15.8. The Morgan fingerprint density at radius 2 is 1.67 bits per heavy atom. The predicted molar refractivity (Wildman–Crippen MR) is 92.0 cm³/mol. The maximum absolute atomic E-state index is 12.3. The second kappa shape index (κ2) is 6.02. The molecule has 3 heteroatoms. The molecule has 0 bridgehead atoms. The summed E-state index contributed by atoms with van der Waals surface area (Å²) in [5.74, 6) is -0.0956. The second-order valence-electron chi connectivity index (χ2n) is 6.26. The number of halogens is 1. The molecule has 0 saturated heterocycles. The van der Waals surface area contributed by atoms with E-state index in [0.717, 1.165) is 15.7 Å². The number of amides is 1. The zero-order chi connectivity index (χ0) is 15.6. The third-order valence-electron chi connectivity index (χ3n) is 3.38. The predicted octanol–water partition coefficient (Wildman–Crippen LogP) is 5.31. The van der Waals surface area contributed by atoms with Gasteiger partial charge in [0.15, 0.2) is 0 Å². The monoisotopic (exact) mass is 345 g/mol. The van der Waals surface area contributed by atoms with Crippen molar-refractivity contribution in [3.05, 3.63) is 63.6 Å². The first-order valence-corrected chi connectivity index (χ1v) is 7.75. The van der Waals surface area contributed by atoms with Crippen LogP contribution in [-0.2, 0) is 5.41 Å². The summed E-state index contributed by atoms with van der Waals surface area (Å²) in [6.07, 6.45) is 0. The van der Waals surface area contributed by atoms with Crippen molar-refractivity contribution in [1.82, 2.24) is 0 Å². The Morgan fingerprint density at radius 3 is 2.24 bits per heavy atom. The molecule has 1 amide bonds. The SMILES string of the molecule is Cc1ccc(Br)c(NC(=O)c2ccc(C(C)(C)C)cc2)c1. The second-order valence-corrected chi connectivity index (χ2v) is 7.12. The van der Waals surface area contributed by atoms with Gasteiger partial charge in [-0.2, -0.15) is 0 Å². The topological polar surface area (TPSA) is 29.1 Å². The summed E-state index contributed by atoms with van der Waals surface area (Å²) in [6.45, 7) is 8.48. The van der Waals surface area contributed by atoms with Crippen LogP contribution in [0.15, 0.2) is 46.9 Å². The molecule has 0 fully saturated rings. The van der Waals surface area contributed by atoms with Crippen molar-refractivity contribution >= 4 is 27.5 Å². The van der Waals surface area contributed by atoms with Crippen LogP contribution in [0.3, 0.4) is 0 Å². The van der Waals surface area contributed by atoms with Gasteiger partial charge in [0.2, 0.25) is 0 Å². The lowest BCUT2D eigenvalue weighted by Gasteiger charge is -2.19. The molecule has 2 nitrogen and oxygen atoms in total. The molecule has 21 heavy (non-hydrogen) atoms. The Morgan fingerprint density at radius 1 is 1.05 bits per heavy atom. The quantitative estimate of drug-likeness (QED) is 0.785. The Kier molecular flexibility index (Phi) is 4.52. The summed E-state index contributed by atoms with van der Waals surface area (Å²) >= 11 is 3.45. The van der Waals surface area contributed by atoms with Crippen molar-refractivity contribution in [3.8, 4) is 0 Å². The van der Waals surface area contributed by atoms with Crippen molar-refractivity contribution in [2.75, 3.05) is 5.32 Å². The van der Waals surface area contributed by atoms with E-state index in [9.17, 15) is 4.79 Å². The molecule has 0 aliphatic rings. The Balaban J connectivity index is 2.19. The van der Waals surface area contributed by atoms with Crippen molar-refractivity contribution in [1.29, 1.82) is 0 Å². The van der Waals surface area contributed by atoms with Gasteiger partial charge in [0.05, 0.1) is 5.69 Å². The number of rotatable bonds is 2. The number of aryl methyl sites for hydroxylation is 1. The van der Waals surface area contributed by atoms with Gasteiger partial charge in [0.25, 0.3) is 5.91 Å². The van der Waals surface area contributed by atoms with E-state index in [0.29, 0.717) is 5.56 Å². The van der Waals surface area contributed by atoms with E-state index in [4.69, 9.17) is 0 Å². The molecule has 0 saturated carbocycles. The van der Waals surface area contributed by atoms with Crippen LogP contribution in [0, 0.1) is 6.92 Å². The van der Waals surface area contributed by atoms with E-state index in [1.807, 2.05) is 49.4 Å². The number of benzene rings is 2. The molecule has 0 aliphatic heterocycles. The van der Waals surface area contributed by atoms with Crippen LogP contribution in [0.4, 0.5) is 5.69 Å².